The van der Waals surface area contributed by atoms with Crippen LogP contribution in [0.5, 0.6) is 0 Å². The Labute approximate surface area is 118 Å². The quantitative estimate of drug-likeness (QED) is 0.894. The molecule has 2 atom stereocenters. The molecule has 2 heteroatoms. The number of nitrogens with zero attached hydrogens (tertiary/aromatic N) is 1. The molecule has 1 heterocycles. The minimum atomic E-state index is 0.582. The lowest BCUT2D eigenvalue weighted by Gasteiger charge is -2.28. The van der Waals surface area contributed by atoms with E-state index in [2.05, 4.69) is 57.1 Å². The van der Waals surface area contributed by atoms with E-state index in [4.69, 9.17) is 0 Å². The van der Waals surface area contributed by atoms with Crippen molar-refractivity contribution in [3.8, 4) is 0 Å². The van der Waals surface area contributed by atoms with Gasteiger partial charge >= 0.3 is 0 Å². The van der Waals surface area contributed by atoms with E-state index in [9.17, 15) is 0 Å². The van der Waals surface area contributed by atoms with Crippen molar-refractivity contribution < 1.29 is 0 Å². The number of hydrogen-bond donors (Lipinski definition) is 1. The van der Waals surface area contributed by atoms with E-state index in [-0.39, 0.29) is 0 Å². The molecule has 0 spiro atoms. The Morgan fingerprint density at radius 1 is 1.16 bits per heavy atom. The summed E-state index contributed by atoms with van der Waals surface area (Å²) in [6.07, 6.45) is 1.31. The topological polar surface area (TPSA) is 15.3 Å². The molecule has 0 aromatic heterocycles. The van der Waals surface area contributed by atoms with Crippen LogP contribution in [0.2, 0.25) is 0 Å². The van der Waals surface area contributed by atoms with Crippen molar-refractivity contribution in [3.05, 3.63) is 34.4 Å². The Morgan fingerprint density at radius 3 is 2.53 bits per heavy atom. The molecule has 1 N–H and O–H groups in total. The van der Waals surface area contributed by atoms with Crippen LogP contribution in [0.15, 0.2) is 12.1 Å². The van der Waals surface area contributed by atoms with Crippen LogP contribution in [0, 0.1) is 26.7 Å². The second-order valence-electron chi connectivity index (χ2n) is 6.07. The van der Waals surface area contributed by atoms with Gasteiger partial charge in [-0.1, -0.05) is 19.1 Å². The standard InChI is InChI=1S/C17H28N2/c1-6-18-11-15-7-8-19(5)17(15)16-10-13(3)12(2)9-14(16)4/h9-10,15,17-18H,6-8,11H2,1-5H3. The lowest BCUT2D eigenvalue weighted by atomic mass is 9.88. The van der Waals surface area contributed by atoms with Gasteiger partial charge in [0.05, 0.1) is 0 Å². The molecular formula is C17H28N2. The highest BCUT2D eigenvalue weighted by Crippen LogP contribution is 2.38. The van der Waals surface area contributed by atoms with E-state index in [0.717, 1.165) is 19.0 Å². The van der Waals surface area contributed by atoms with Crippen molar-refractivity contribution in [2.24, 2.45) is 5.92 Å². The van der Waals surface area contributed by atoms with Gasteiger partial charge in [-0.25, -0.2) is 0 Å². The maximum absolute atomic E-state index is 3.53. The summed E-state index contributed by atoms with van der Waals surface area (Å²) >= 11 is 0. The van der Waals surface area contributed by atoms with E-state index >= 15 is 0 Å². The zero-order valence-corrected chi connectivity index (χ0v) is 13.1. The maximum Gasteiger partial charge on any atom is 0.0388 e. The third-order valence-electron chi connectivity index (χ3n) is 4.63. The van der Waals surface area contributed by atoms with E-state index in [1.54, 1.807) is 0 Å². The largest absolute Gasteiger partial charge is 0.317 e. The van der Waals surface area contributed by atoms with Gasteiger partial charge in [0.1, 0.15) is 0 Å². The molecule has 106 valence electrons. The average molecular weight is 260 g/mol. The second kappa shape index (κ2) is 6.06. The summed E-state index contributed by atoms with van der Waals surface area (Å²) < 4.78 is 0. The SMILES string of the molecule is CCNCC1CCN(C)C1c1cc(C)c(C)cc1C. The fraction of sp³-hybridized carbons (Fsp3) is 0.647. The zero-order chi connectivity index (χ0) is 14.0. The second-order valence-corrected chi connectivity index (χ2v) is 6.07. The van der Waals surface area contributed by atoms with Gasteiger partial charge in [0.25, 0.3) is 0 Å². The van der Waals surface area contributed by atoms with Crippen LogP contribution in [0.25, 0.3) is 0 Å². The van der Waals surface area contributed by atoms with Gasteiger partial charge in [-0.15, -0.1) is 0 Å². The van der Waals surface area contributed by atoms with Gasteiger partial charge in [0.15, 0.2) is 0 Å². The normalized spacial score (nSPS) is 24.1. The smallest absolute Gasteiger partial charge is 0.0388 e. The molecule has 1 fully saturated rings. The fourth-order valence-corrected chi connectivity index (χ4v) is 3.36. The molecule has 19 heavy (non-hydrogen) atoms. The number of likely N-dealkylation sites (tertiary alicyclic amines) is 1. The lowest BCUT2D eigenvalue weighted by molar-refractivity contribution is 0.272. The van der Waals surface area contributed by atoms with E-state index in [0.29, 0.717) is 6.04 Å². The highest BCUT2D eigenvalue weighted by Gasteiger charge is 2.33. The summed E-state index contributed by atoms with van der Waals surface area (Å²) in [5, 5.41) is 3.53. The summed E-state index contributed by atoms with van der Waals surface area (Å²) in [7, 11) is 2.27. The number of benzene rings is 1. The average Bonchev–Trinajstić information content (AvgIpc) is 2.73. The Bertz CT molecular complexity index is 439. The summed E-state index contributed by atoms with van der Waals surface area (Å²) in [5.41, 5.74) is 5.81. The van der Waals surface area contributed by atoms with Crippen LogP contribution in [0.3, 0.4) is 0 Å². The third-order valence-corrected chi connectivity index (χ3v) is 4.63. The first-order valence-electron chi connectivity index (χ1n) is 7.53. The van der Waals surface area contributed by atoms with Crippen LogP contribution < -0.4 is 5.32 Å². The van der Waals surface area contributed by atoms with Crippen molar-refractivity contribution in [3.63, 3.8) is 0 Å². The maximum atomic E-state index is 3.53. The van der Waals surface area contributed by atoms with Crippen LogP contribution in [-0.2, 0) is 0 Å². The molecule has 0 saturated carbocycles. The van der Waals surface area contributed by atoms with E-state index < -0.39 is 0 Å². The molecule has 1 saturated heterocycles. The Morgan fingerprint density at radius 2 is 1.84 bits per heavy atom. The fourth-order valence-electron chi connectivity index (χ4n) is 3.36. The van der Waals surface area contributed by atoms with Crippen LogP contribution in [0.4, 0.5) is 0 Å². The van der Waals surface area contributed by atoms with Gasteiger partial charge < -0.3 is 5.32 Å². The summed E-state index contributed by atoms with van der Waals surface area (Å²) in [5.74, 6) is 0.741. The molecule has 2 rings (SSSR count). The molecule has 2 nitrogen and oxygen atoms in total. The van der Waals surface area contributed by atoms with Crippen molar-refractivity contribution in [2.75, 3.05) is 26.7 Å². The first-order valence-corrected chi connectivity index (χ1v) is 7.53. The summed E-state index contributed by atoms with van der Waals surface area (Å²) in [4.78, 5) is 2.53. The minimum Gasteiger partial charge on any atom is -0.317 e. The summed E-state index contributed by atoms with van der Waals surface area (Å²) in [6, 6.07) is 5.34. The Balaban J connectivity index is 2.29. The predicted octanol–water partition coefficient (Wildman–Crippen LogP) is 3.21. The molecular weight excluding hydrogens is 232 g/mol. The van der Waals surface area contributed by atoms with Crippen molar-refractivity contribution in [1.82, 2.24) is 10.2 Å². The third kappa shape index (κ3) is 3.01. The molecule has 1 aliphatic rings. The highest BCUT2D eigenvalue weighted by molar-refractivity contribution is 5.39. The number of rotatable bonds is 4. The summed E-state index contributed by atoms with van der Waals surface area (Å²) in [6.45, 7) is 12.3. The Kier molecular flexibility index (Phi) is 4.64. The molecule has 2 unspecified atom stereocenters. The van der Waals surface area contributed by atoms with Crippen molar-refractivity contribution >= 4 is 0 Å². The van der Waals surface area contributed by atoms with Crippen molar-refractivity contribution in [1.29, 1.82) is 0 Å². The van der Waals surface area contributed by atoms with Crippen LogP contribution in [-0.4, -0.2) is 31.6 Å². The Hall–Kier alpha value is -0.860. The van der Waals surface area contributed by atoms with Gasteiger partial charge in [-0.2, -0.15) is 0 Å². The molecule has 1 aromatic rings. The first kappa shape index (κ1) is 14.5. The molecule has 0 radical (unpaired) electrons. The predicted molar refractivity (Wildman–Crippen MR) is 82.7 cm³/mol. The minimum absolute atomic E-state index is 0.582. The molecule has 0 aliphatic carbocycles. The first-order chi connectivity index (χ1) is 9.04. The van der Waals surface area contributed by atoms with Crippen molar-refractivity contribution in [2.45, 2.75) is 40.2 Å². The molecule has 0 bridgehead atoms. The zero-order valence-electron chi connectivity index (χ0n) is 13.1. The van der Waals surface area contributed by atoms with Gasteiger partial charge in [0, 0.05) is 6.04 Å². The van der Waals surface area contributed by atoms with Gasteiger partial charge in [0.2, 0.25) is 0 Å². The van der Waals surface area contributed by atoms with Gasteiger partial charge in [-0.3, -0.25) is 4.90 Å². The number of hydrogen-bond acceptors (Lipinski definition) is 2. The lowest BCUT2D eigenvalue weighted by Crippen LogP contribution is -2.29. The highest BCUT2D eigenvalue weighted by atomic mass is 15.2. The molecule has 1 aliphatic heterocycles. The monoisotopic (exact) mass is 260 g/mol. The van der Waals surface area contributed by atoms with E-state index in [1.165, 1.54) is 35.2 Å². The molecule has 1 aromatic carbocycles. The van der Waals surface area contributed by atoms with E-state index in [1.807, 2.05) is 0 Å². The van der Waals surface area contributed by atoms with Gasteiger partial charge in [-0.05, 0) is 82.0 Å². The van der Waals surface area contributed by atoms with Crippen LogP contribution >= 0.6 is 0 Å². The molecule has 0 amide bonds. The number of aryl methyl sites for hydroxylation is 3. The van der Waals surface area contributed by atoms with Crippen LogP contribution in [0.1, 0.15) is 41.6 Å². The number of nitrogens with one attached hydrogen (secondary N) is 1.